The van der Waals surface area contributed by atoms with E-state index in [0.29, 0.717) is 29.7 Å². The second-order valence-corrected chi connectivity index (χ2v) is 10.0. The van der Waals surface area contributed by atoms with Crippen molar-refractivity contribution in [3.63, 3.8) is 0 Å². The number of hydrogen-bond donors (Lipinski definition) is 1. The summed E-state index contributed by atoms with van der Waals surface area (Å²) in [6.45, 7) is 7.23. The molecular formula is C20H32N2O2. The van der Waals surface area contributed by atoms with Crippen molar-refractivity contribution >= 4 is 11.8 Å². The van der Waals surface area contributed by atoms with Crippen LogP contribution in [0, 0.1) is 22.2 Å². The number of likely N-dealkylation sites (tertiary alicyclic amines) is 1. The highest BCUT2D eigenvalue weighted by molar-refractivity contribution is 5.83. The van der Waals surface area contributed by atoms with Gasteiger partial charge in [0.2, 0.25) is 11.8 Å². The average molecular weight is 332 g/mol. The van der Waals surface area contributed by atoms with E-state index in [9.17, 15) is 9.59 Å². The van der Waals surface area contributed by atoms with E-state index in [1.807, 2.05) is 4.90 Å². The summed E-state index contributed by atoms with van der Waals surface area (Å²) in [4.78, 5) is 26.6. The summed E-state index contributed by atoms with van der Waals surface area (Å²) in [5.74, 6) is 1.34. The summed E-state index contributed by atoms with van der Waals surface area (Å²) in [7, 11) is 0. The molecule has 4 atom stereocenters. The molecule has 5 aliphatic rings. The first kappa shape index (κ1) is 16.4. The Balaban J connectivity index is 1.34. The van der Waals surface area contributed by atoms with Gasteiger partial charge in [-0.2, -0.15) is 0 Å². The van der Waals surface area contributed by atoms with Crippen LogP contribution in [0.25, 0.3) is 0 Å². The Bertz CT molecular complexity index is 540. The predicted molar refractivity (Wildman–Crippen MR) is 93.3 cm³/mol. The van der Waals surface area contributed by atoms with Crippen LogP contribution in [0.15, 0.2) is 0 Å². The van der Waals surface area contributed by atoms with Crippen molar-refractivity contribution in [3.8, 4) is 0 Å². The van der Waals surface area contributed by atoms with Crippen molar-refractivity contribution < 1.29 is 9.59 Å². The van der Waals surface area contributed by atoms with Gasteiger partial charge in [-0.3, -0.25) is 9.59 Å². The van der Waals surface area contributed by atoms with Crippen LogP contribution >= 0.6 is 0 Å². The van der Waals surface area contributed by atoms with E-state index in [0.717, 1.165) is 51.1 Å². The molecule has 1 N–H and O–H groups in total. The normalized spacial score (nSPS) is 43.5. The van der Waals surface area contributed by atoms with Crippen molar-refractivity contribution in [2.45, 2.75) is 71.6 Å². The first-order valence-corrected chi connectivity index (χ1v) is 9.88. The van der Waals surface area contributed by atoms with Gasteiger partial charge in [0.25, 0.3) is 0 Å². The maximum absolute atomic E-state index is 13.0. The zero-order chi connectivity index (χ0) is 17.0. The van der Waals surface area contributed by atoms with Crippen LogP contribution in [0.3, 0.4) is 0 Å². The Morgan fingerprint density at radius 3 is 2.46 bits per heavy atom. The molecule has 24 heavy (non-hydrogen) atoms. The van der Waals surface area contributed by atoms with Crippen LogP contribution in [-0.4, -0.2) is 36.3 Å². The van der Waals surface area contributed by atoms with Gasteiger partial charge in [-0.05, 0) is 68.1 Å². The van der Waals surface area contributed by atoms with Gasteiger partial charge in [0, 0.05) is 26.1 Å². The fourth-order valence-corrected chi connectivity index (χ4v) is 7.30. The topological polar surface area (TPSA) is 49.4 Å². The molecule has 0 spiro atoms. The van der Waals surface area contributed by atoms with Gasteiger partial charge in [-0.25, -0.2) is 0 Å². The first-order chi connectivity index (χ1) is 11.3. The second kappa shape index (κ2) is 5.47. The molecule has 2 unspecified atom stereocenters. The minimum Gasteiger partial charge on any atom is -0.356 e. The van der Waals surface area contributed by atoms with Crippen LogP contribution < -0.4 is 5.32 Å². The highest BCUT2D eigenvalue weighted by Crippen LogP contribution is 2.69. The summed E-state index contributed by atoms with van der Waals surface area (Å²) in [5, 5.41) is 3.24. The first-order valence-electron chi connectivity index (χ1n) is 9.88. The molecule has 4 saturated carbocycles. The Kier molecular flexibility index (Phi) is 3.74. The van der Waals surface area contributed by atoms with Gasteiger partial charge in [0.15, 0.2) is 0 Å². The number of rotatable bonds is 5. The number of nitrogens with zero attached hydrogens (tertiary/aromatic N) is 1. The number of amides is 2. The second-order valence-electron chi connectivity index (χ2n) is 10.0. The monoisotopic (exact) mass is 332 g/mol. The highest BCUT2D eigenvalue weighted by Gasteiger charge is 2.62. The van der Waals surface area contributed by atoms with E-state index in [-0.39, 0.29) is 11.3 Å². The molecule has 4 bridgehead atoms. The van der Waals surface area contributed by atoms with Gasteiger partial charge in [-0.1, -0.05) is 13.8 Å². The smallest absolute Gasteiger partial charge is 0.226 e. The third-order valence-electron chi connectivity index (χ3n) is 7.17. The number of carbonyl (C=O) groups excluding carboxylic acids is 2. The van der Waals surface area contributed by atoms with Crippen LogP contribution in [0.5, 0.6) is 0 Å². The van der Waals surface area contributed by atoms with Crippen molar-refractivity contribution in [1.82, 2.24) is 10.2 Å². The summed E-state index contributed by atoms with van der Waals surface area (Å²) < 4.78 is 0. The quantitative estimate of drug-likeness (QED) is 0.787. The van der Waals surface area contributed by atoms with E-state index >= 15 is 0 Å². The van der Waals surface area contributed by atoms with Gasteiger partial charge < -0.3 is 10.2 Å². The summed E-state index contributed by atoms with van der Waals surface area (Å²) in [5.41, 5.74) is 0.660. The zero-order valence-electron chi connectivity index (χ0n) is 15.3. The number of hydrogen-bond acceptors (Lipinski definition) is 2. The van der Waals surface area contributed by atoms with E-state index in [1.165, 1.54) is 19.3 Å². The maximum atomic E-state index is 13.0. The minimum absolute atomic E-state index is 0.105. The lowest BCUT2D eigenvalue weighted by Gasteiger charge is -2.64. The Morgan fingerprint density at radius 2 is 1.88 bits per heavy atom. The fraction of sp³-hybridized carbons (Fsp3) is 0.900. The van der Waals surface area contributed by atoms with Gasteiger partial charge in [0.05, 0.1) is 5.41 Å². The molecule has 5 fully saturated rings. The molecule has 1 saturated heterocycles. The molecular weight excluding hydrogens is 300 g/mol. The molecule has 0 radical (unpaired) electrons. The van der Waals surface area contributed by atoms with Crippen LogP contribution in [0.4, 0.5) is 0 Å². The SMILES string of the molecule is C[C@]12CC3CC(C(=O)NCCCN4CCCC4=O)(C1)C[C@@](C)(C3)C2. The summed E-state index contributed by atoms with van der Waals surface area (Å²) >= 11 is 0. The molecule has 4 aliphatic carbocycles. The standard InChI is InChI=1S/C20H32N2O2/c1-18-9-15-10-19(2,12-18)14-20(11-15,13-18)17(24)21-6-4-8-22-7-3-5-16(22)23/h15H,3-14H2,1-2H3,(H,21,24)/t15?,18-,19+,20?. The number of carbonyl (C=O) groups is 2. The van der Waals surface area contributed by atoms with Gasteiger partial charge in [-0.15, -0.1) is 0 Å². The Morgan fingerprint density at radius 1 is 1.17 bits per heavy atom. The number of nitrogens with one attached hydrogen (secondary N) is 1. The highest BCUT2D eigenvalue weighted by atomic mass is 16.2. The molecule has 134 valence electrons. The Labute approximate surface area is 145 Å². The average Bonchev–Trinajstić information content (AvgIpc) is 2.85. The van der Waals surface area contributed by atoms with Gasteiger partial charge in [0.1, 0.15) is 0 Å². The predicted octanol–water partition coefficient (Wildman–Crippen LogP) is 3.11. The van der Waals surface area contributed by atoms with Crippen LogP contribution in [0.2, 0.25) is 0 Å². The molecule has 0 aromatic carbocycles. The van der Waals surface area contributed by atoms with E-state index in [2.05, 4.69) is 19.2 Å². The largest absolute Gasteiger partial charge is 0.356 e. The van der Waals surface area contributed by atoms with E-state index in [1.54, 1.807) is 0 Å². The lowest BCUT2D eigenvalue weighted by Crippen LogP contribution is -2.60. The van der Waals surface area contributed by atoms with E-state index in [4.69, 9.17) is 0 Å². The van der Waals surface area contributed by atoms with E-state index < -0.39 is 0 Å². The minimum atomic E-state index is -0.105. The van der Waals surface area contributed by atoms with Crippen molar-refractivity contribution in [1.29, 1.82) is 0 Å². The third kappa shape index (κ3) is 2.76. The molecule has 0 aromatic heterocycles. The summed E-state index contributed by atoms with van der Waals surface area (Å²) in [6, 6.07) is 0. The summed E-state index contributed by atoms with van der Waals surface area (Å²) in [6.07, 6.45) is 9.82. The fourth-order valence-electron chi connectivity index (χ4n) is 7.30. The third-order valence-corrected chi connectivity index (χ3v) is 7.17. The van der Waals surface area contributed by atoms with Crippen molar-refractivity contribution in [2.24, 2.45) is 22.2 Å². The molecule has 4 nitrogen and oxygen atoms in total. The lowest BCUT2D eigenvalue weighted by molar-refractivity contribution is -0.170. The van der Waals surface area contributed by atoms with Crippen molar-refractivity contribution in [2.75, 3.05) is 19.6 Å². The molecule has 4 heteroatoms. The van der Waals surface area contributed by atoms with Gasteiger partial charge >= 0.3 is 0 Å². The molecule has 0 aromatic rings. The maximum Gasteiger partial charge on any atom is 0.226 e. The molecule has 1 aliphatic heterocycles. The molecule has 5 rings (SSSR count). The Hall–Kier alpha value is -1.06. The van der Waals surface area contributed by atoms with Crippen LogP contribution in [-0.2, 0) is 9.59 Å². The van der Waals surface area contributed by atoms with Crippen LogP contribution in [0.1, 0.15) is 71.6 Å². The lowest BCUT2D eigenvalue weighted by atomic mass is 9.40. The molecule has 1 heterocycles. The zero-order valence-corrected chi connectivity index (χ0v) is 15.3. The molecule has 2 amide bonds. The van der Waals surface area contributed by atoms with Crippen molar-refractivity contribution in [3.05, 3.63) is 0 Å².